The molecule has 184 valence electrons. The zero-order valence-corrected chi connectivity index (χ0v) is 19.0. The summed E-state index contributed by atoms with van der Waals surface area (Å²) in [6.07, 6.45) is -7.36. The van der Waals surface area contributed by atoms with Crippen LogP contribution in [0.25, 0.3) is 22.0 Å². The van der Waals surface area contributed by atoms with E-state index in [1.54, 1.807) is 24.1 Å². The molecule has 5 rings (SSSR count). The van der Waals surface area contributed by atoms with Crippen LogP contribution in [-0.4, -0.2) is 28.9 Å². The maximum atomic E-state index is 13.6. The second-order valence-corrected chi connectivity index (χ2v) is 9.60. The zero-order chi connectivity index (χ0) is 25.3. The number of hydrogen-bond donors (Lipinski definition) is 0. The van der Waals surface area contributed by atoms with E-state index in [4.69, 9.17) is 0 Å². The summed E-state index contributed by atoms with van der Waals surface area (Å²) in [7, 11) is 1.80. The summed E-state index contributed by atoms with van der Waals surface area (Å²) in [5, 5.41) is 0.00988. The standard InChI is InChI=1S/C26H22F6N2O/c1-24-11-10-22(35)34(2)21(24)9-7-15-12-14(6-8-18(15)24)17-13-20(26(30,31)32)33-23-16(17)4-3-5-19(23)25(27,28)29/h3-6,8,12-13,21H,7,9-11H2,1-2H3/t21-,24-/m1/s1. The van der Waals surface area contributed by atoms with E-state index >= 15 is 0 Å². The van der Waals surface area contributed by atoms with Crippen molar-refractivity contribution in [2.45, 2.75) is 56.4 Å². The molecule has 2 heterocycles. The zero-order valence-electron chi connectivity index (χ0n) is 19.0. The van der Waals surface area contributed by atoms with Gasteiger partial charge in [-0.05, 0) is 53.6 Å². The minimum atomic E-state index is -4.91. The van der Waals surface area contributed by atoms with Crippen LogP contribution in [0.15, 0.2) is 42.5 Å². The van der Waals surface area contributed by atoms with Gasteiger partial charge in [-0.3, -0.25) is 4.79 Å². The molecule has 2 aromatic carbocycles. The van der Waals surface area contributed by atoms with Gasteiger partial charge < -0.3 is 4.90 Å². The highest BCUT2D eigenvalue weighted by Gasteiger charge is 2.47. The number of para-hydroxylation sites is 1. The maximum absolute atomic E-state index is 13.6. The number of carbonyl (C=O) groups excluding carboxylic acids is 1. The fourth-order valence-electron chi connectivity index (χ4n) is 5.82. The van der Waals surface area contributed by atoms with Gasteiger partial charge in [-0.25, -0.2) is 4.98 Å². The van der Waals surface area contributed by atoms with Crippen molar-refractivity contribution in [1.82, 2.24) is 9.88 Å². The highest BCUT2D eigenvalue weighted by Crippen LogP contribution is 2.47. The van der Waals surface area contributed by atoms with Crippen molar-refractivity contribution in [3.8, 4) is 11.1 Å². The van der Waals surface area contributed by atoms with Crippen molar-refractivity contribution in [3.05, 3.63) is 64.8 Å². The van der Waals surface area contributed by atoms with Crippen LogP contribution in [0.4, 0.5) is 26.3 Å². The van der Waals surface area contributed by atoms with E-state index in [1.807, 2.05) is 6.07 Å². The molecular formula is C26H22F6N2O. The smallest absolute Gasteiger partial charge is 0.342 e. The number of hydrogen-bond acceptors (Lipinski definition) is 2. The Bertz CT molecular complexity index is 1350. The number of likely N-dealkylation sites (N-methyl/N-ethyl adjacent to an activating group) is 1. The summed E-state index contributed by atoms with van der Waals surface area (Å²) in [5.41, 5.74) is -1.16. The molecule has 1 saturated heterocycles. The summed E-state index contributed by atoms with van der Waals surface area (Å²) in [6.45, 7) is 2.09. The van der Waals surface area contributed by atoms with E-state index in [2.05, 4.69) is 11.9 Å². The van der Waals surface area contributed by atoms with E-state index in [0.29, 0.717) is 31.2 Å². The summed E-state index contributed by atoms with van der Waals surface area (Å²) < 4.78 is 81.8. The maximum Gasteiger partial charge on any atom is 0.433 e. The number of aromatic nitrogens is 1. The van der Waals surface area contributed by atoms with Crippen molar-refractivity contribution in [1.29, 1.82) is 0 Å². The van der Waals surface area contributed by atoms with Gasteiger partial charge in [-0.1, -0.05) is 37.3 Å². The molecule has 0 bridgehead atoms. The first kappa shape index (κ1) is 23.6. The highest BCUT2D eigenvalue weighted by molar-refractivity contribution is 5.97. The molecule has 3 nitrogen and oxygen atoms in total. The number of fused-ring (bicyclic) bond motifs is 4. The van der Waals surface area contributed by atoms with Crippen molar-refractivity contribution < 1.29 is 31.1 Å². The highest BCUT2D eigenvalue weighted by atomic mass is 19.4. The Hall–Kier alpha value is -3.10. The summed E-state index contributed by atoms with van der Waals surface area (Å²) >= 11 is 0. The Labute approximate surface area is 197 Å². The summed E-state index contributed by atoms with van der Waals surface area (Å²) in [5.74, 6) is 0.0935. The van der Waals surface area contributed by atoms with Crippen LogP contribution in [-0.2, 0) is 29.0 Å². The molecule has 0 spiro atoms. The monoisotopic (exact) mass is 492 g/mol. The number of nitrogens with zero attached hydrogens (tertiary/aromatic N) is 2. The van der Waals surface area contributed by atoms with Gasteiger partial charge in [0.25, 0.3) is 0 Å². The molecule has 1 aliphatic carbocycles. The number of pyridine rings is 1. The Morgan fingerprint density at radius 3 is 2.43 bits per heavy atom. The molecule has 2 aliphatic rings. The number of carbonyl (C=O) groups is 1. The number of alkyl halides is 6. The molecule has 0 saturated carbocycles. The molecule has 0 unspecified atom stereocenters. The second kappa shape index (κ2) is 7.70. The number of amides is 1. The first-order chi connectivity index (χ1) is 16.3. The second-order valence-electron chi connectivity index (χ2n) is 9.60. The molecule has 35 heavy (non-hydrogen) atoms. The minimum absolute atomic E-state index is 0.00988. The molecule has 1 aromatic heterocycles. The van der Waals surface area contributed by atoms with Crippen molar-refractivity contribution in [2.24, 2.45) is 0 Å². The van der Waals surface area contributed by atoms with Crippen LogP contribution >= 0.6 is 0 Å². The van der Waals surface area contributed by atoms with Crippen LogP contribution in [0.5, 0.6) is 0 Å². The van der Waals surface area contributed by atoms with Gasteiger partial charge in [-0.2, -0.15) is 26.3 Å². The third kappa shape index (κ3) is 3.76. The molecule has 3 aromatic rings. The number of halogens is 6. The average molecular weight is 492 g/mol. The van der Waals surface area contributed by atoms with Crippen molar-refractivity contribution >= 4 is 16.8 Å². The van der Waals surface area contributed by atoms with E-state index in [-0.39, 0.29) is 28.3 Å². The minimum Gasteiger partial charge on any atom is -0.342 e. The molecule has 1 aliphatic heterocycles. The Kier molecular flexibility index (Phi) is 5.20. The molecule has 0 N–H and O–H groups in total. The average Bonchev–Trinajstić information content (AvgIpc) is 2.79. The van der Waals surface area contributed by atoms with Crippen molar-refractivity contribution in [2.75, 3.05) is 7.05 Å². The molecule has 2 atom stereocenters. The van der Waals surface area contributed by atoms with Crippen LogP contribution in [0.2, 0.25) is 0 Å². The fourth-order valence-corrected chi connectivity index (χ4v) is 5.82. The number of benzene rings is 2. The Balaban J connectivity index is 1.70. The number of piperidine rings is 1. The quantitative estimate of drug-likeness (QED) is 0.352. The SMILES string of the molecule is CN1C(=O)CC[C@]2(C)c3ccc(-c4cc(C(F)(F)F)nc5c(C(F)(F)F)cccc45)cc3CC[C@@H]12. The summed E-state index contributed by atoms with van der Waals surface area (Å²) in [6, 6.07) is 9.44. The van der Waals surface area contributed by atoms with Gasteiger partial charge >= 0.3 is 12.4 Å². The van der Waals surface area contributed by atoms with E-state index in [0.717, 1.165) is 23.3 Å². The molecule has 0 radical (unpaired) electrons. The van der Waals surface area contributed by atoms with Gasteiger partial charge in [0.15, 0.2) is 0 Å². The van der Waals surface area contributed by atoms with Crippen LogP contribution in [0, 0.1) is 0 Å². The molecular weight excluding hydrogens is 470 g/mol. The lowest BCUT2D eigenvalue weighted by molar-refractivity contribution is -0.142. The molecule has 1 amide bonds. The third-order valence-electron chi connectivity index (χ3n) is 7.61. The lowest BCUT2D eigenvalue weighted by Crippen LogP contribution is -2.56. The predicted molar refractivity (Wildman–Crippen MR) is 119 cm³/mol. The first-order valence-corrected chi connectivity index (χ1v) is 11.3. The Morgan fingerprint density at radius 1 is 1.00 bits per heavy atom. The number of likely N-dealkylation sites (tertiary alicyclic amines) is 1. The topological polar surface area (TPSA) is 33.2 Å². The summed E-state index contributed by atoms with van der Waals surface area (Å²) in [4.78, 5) is 17.4. The fraction of sp³-hybridized carbons (Fsp3) is 0.385. The van der Waals surface area contributed by atoms with Crippen LogP contribution in [0.3, 0.4) is 0 Å². The lowest BCUT2D eigenvalue weighted by atomic mass is 9.63. The first-order valence-electron chi connectivity index (χ1n) is 11.3. The number of aryl methyl sites for hydroxylation is 1. The van der Waals surface area contributed by atoms with Gasteiger partial charge in [0.05, 0.1) is 11.1 Å². The molecule has 9 heteroatoms. The Morgan fingerprint density at radius 2 is 1.74 bits per heavy atom. The van der Waals surface area contributed by atoms with Gasteiger partial charge in [-0.15, -0.1) is 0 Å². The van der Waals surface area contributed by atoms with E-state index < -0.39 is 29.1 Å². The third-order valence-corrected chi connectivity index (χ3v) is 7.61. The van der Waals surface area contributed by atoms with Crippen LogP contribution < -0.4 is 0 Å². The van der Waals surface area contributed by atoms with Crippen LogP contribution in [0.1, 0.15) is 48.6 Å². The lowest BCUT2D eigenvalue weighted by Gasteiger charge is -2.50. The normalized spacial score (nSPS) is 22.8. The largest absolute Gasteiger partial charge is 0.433 e. The predicted octanol–water partition coefficient (Wildman–Crippen LogP) is 6.76. The van der Waals surface area contributed by atoms with Gasteiger partial charge in [0, 0.05) is 30.3 Å². The van der Waals surface area contributed by atoms with Gasteiger partial charge in [0.2, 0.25) is 5.91 Å². The van der Waals surface area contributed by atoms with Gasteiger partial charge in [0.1, 0.15) is 5.69 Å². The molecule has 1 fully saturated rings. The number of rotatable bonds is 1. The van der Waals surface area contributed by atoms with E-state index in [1.165, 1.54) is 12.1 Å². The van der Waals surface area contributed by atoms with E-state index in [9.17, 15) is 31.1 Å². The van der Waals surface area contributed by atoms with Crippen molar-refractivity contribution in [3.63, 3.8) is 0 Å².